The summed E-state index contributed by atoms with van der Waals surface area (Å²) in [6.07, 6.45) is 3.44. The molecule has 0 aliphatic rings. The number of benzene rings is 2. The zero-order valence-electron chi connectivity index (χ0n) is 13.9. The average molecular weight is 346 g/mol. The third-order valence-electron chi connectivity index (χ3n) is 3.61. The average Bonchev–Trinajstić information content (AvgIpc) is 2.71. The summed E-state index contributed by atoms with van der Waals surface area (Å²) in [7, 11) is 0. The van der Waals surface area contributed by atoms with E-state index in [0.717, 1.165) is 22.5 Å². The molecule has 4 aromatic rings. The van der Waals surface area contributed by atoms with Crippen LogP contribution in [-0.2, 0) is 0 Å². The molecular formula is C22H16F2N2. The van der Waals surface area contributed by atoms with Crippen LogP contribution in [0.4, 0.5) is 8.78 Å². The molecule has 4 heteroatoms. The molecule has 128 valence electrons. The van der Waals surface area contributed by atoms with Gasteiger partial charge in [-0.25, -0.2) is 8.78 Å². The lowest BCUT2D eigenvalue weighted by Crippen LogP contribution is -1.81. The van der Waals surface area contributed by atoms with Gasteiger partial charge in [0.2, 0.25) is 0 Å². The lowest BCUT2D eigenvalue weighted by atomic mass is 10.1. The van der Waals surface area contributed by atoms with Crippen molar-refractivity contribution in [2.24, 2.45) is 0 Å². The van der Waals surface area contributed by atoms with Crippen molar-refractivity contribution in [1.29, 1.82) is 0 Å². The molecule has 0 fully saturated rings. The molecule has 2 heterocycles. The van der Waals surface area contributed by atoms with Crippen LogP contribution in [0.2, 0.25) is 0 Å². The second kappa shape index (κ2) is 8.62. The molecule has 2 nitrogen and oxygen atoms in total. The Morgan fingerprint density at radius 3 is 1.15 bits per heavy atom. The Hall–Kier alpha value is -3.40. The van der Waals surface area contributed by atoms with Gasteiger partial charge in [-0.2, -0.15) is 0 Å². The first-order valence-corrected chi connectivity index (χ1v) is 8.06. The fourth-order valence-electron chi connectivity index (χ4n) is 2.31. The minimum atomic E-state index is -0.223. The third-order valence-corrected chi connectivity index (χ3v) is 3.61. The van der Waals surface area contributed by atoms with E-state index < -0.39 is 0 Å². The van der Waals surface area contributed by atoms with Gasteiger partial charge in [0.05, 0.1) is 11.4 Å². The number of pyridine rings is 2. The molecule has 0 bridgehead atoms. The number of halogens is 2. The SMILES string of the molecule is Fc1ccc(-c2ccccn2)cc1.Fc1ccc(-c2ccccn2)cc1. The largest absolute Gasteiger partial charge is 0.256 e. The Morgan fingerprint density at radius 1 is 0.462 bits per heavy atom. The van der Waals surface area contributed by atoms with Gasteiger partial charge in [-0.15, -0.1) is 0 Å². The summed E-state index contributed by atoms with van der Waals surface area (Å²) in [6, 6.07) is 23.9. The Morgan fingerprint density at radius 2 is 0.846 bits per heavy atom. The summed E-state index contributed by atoms with van der Waals surface area (Å²) >= 11 is 0. The molecular weight excluding hydrogens is 330 g/mol. The summed E-state index contributed by atoms with van der Waals surface area (Å²) in [4.78, 5) is 8.31. The van der Waals surface area contributed by atoms with Crippen LogP contribution in [0.25, 0.3) is 22.5 Å². The minimum Gasteiger partial charge on any atom is -0.256 e. The van der Waals surface area contributed by atoms with Gasteiger partial charge >= 0.3 is 0 Å². The lowest BCUT2D eigenvalue weighted by Gasteiger charge is -1.98. The van der Waals surface area contributed by atoms with Gasteiger partial charge in [0, 0.05) is 23.5 Å². The molecule has 0 aliphatic carbocycles. The van der Waals surface area contributed by atoms with Crippen LogP contribution in [0, 0.1) is 11.6 Å². The van der Waals surface area contributed by atoms with Crippen molar-refractivity contribution >= 4 is 0 Å². The predicted molar refractivity (Wildman–Crippen MR) is 99.3 cm³/mol. The van der Waals surface area contributed by atoms with E-state index in [4.69, 9.17) is 0 Å². The van der Waals surface area contributed by atoms with Crippen molar-refractivity contribution in [2.45, 2.75) is 0 Å². The maximum atomic E-state index is 12.6. The Balaban J connectivity index is 0.000000151. The topological polar surface area (TPSA) is 25.8 Å². The quantitative estimate of drug-likeness (QED) is 0.460. The fourth-order valence-corrected chi connectivity index (χ4v) is 2.31. The van der Waals surface area contributed by atoms with Crippen molar-refractivity contribution in [1.82, 2.24) is 9.97 Å². The van der Waals surface area contributed by atoms with Crippen LogP contribution in [0.5, 0.6) is 0 Å². The van der Waals surface area contributed by atoms with Crippen LogP contribution >= 0.6 is 0 Å². The molecule has 0 spiro atoms. The Labute approximate surface area is 150 Å². The highest BCUT2D eigenvalue weighted by Gasteiger charge is 1.97. The van der Waals surface area contributed by atoms with Crippen molar-refractivity contribution in [2.75, 3.05) is 0 Å². The molecule has 0 amide bonds. The monoisotopic (exact) mass is 346 g/mol. The molecule has 0 N–H and O–H groups in total. The predicted octanol–water partition coefficient (Wildman–Crippen LogP) is 5.78. The van der Waals surface area contributed by atoms with Gasteiger partial charge in [-0.3, -0.25) is 9.97 Å². The van der Waals surface area contributed by atoms with Crippen LogP contribution in [0.1, 0.15) is 0 Å². The summed E-state index contributed by atoms with van der Waals surface area (Å²) in [5.41, 5.74) is 3.59. The number of aromatic nitrogens is 2. The number of nitrogens with zero attached hydrogens (tertiary/aromatic N) is 2. The minimum absolute atomic E-state index is 0.223. The van der Waals surface area contributed by atoms with Crippen LogP contribution in [-0.4, -0.2) is 9.97 Å². The summed E-state index contributed by atoms with van der Waals surface area (Å²) < 4.78 is 25.2. The first kappa shape index (κ1) is 17.4. The van der Waals surface area contributed by atoms with Crippen LogP contribution in [0.15, 0.2) is 97.3 Å². The van der Waals surface area contributed by atoms with Gasteiger partial charge in [0.1, 0.15) is 11.6 Å². The first-order valence-electron chi connectivity index (χ1n) is 8.06. The third kappa shape index (κ3) is 4.80. The highest BCUT2D eigenvalue weighted by molar-refractivity contribution is 5.59. The van der Waals surface area contributed by atoms with E-state index in [1.165, 1.54) is 24.3 Å². The van der Waals surface area contributed by atoms with Gasteiger partial charge in [-0.1, -0.05) is 12.1 Å². The number of hydrogen-bond donors (Lipinski definition) is 0. The van der Waals surface area contributed by atoms with Crippen LogP contribution in [0.3, 0.4) is 0 Å². The lowest BCUT2D eigenvalue weighted by molar-refractivity contribution is 0.627. The second-order valence-electron chi connectivity index (χ2n) is 5.44. The smallest absolute Gasteiger partial charge is 0.123 e. The van der Waals surface area contributed by atoms with E-state index >= 15 is 0 Å². The van der Waals surface area contributed by atoms with E-state index in [0.29, 0.717) is 0 Å². The summed E-state index contributed by atoms with van der Waals surface area (Å²) in [5, 5.41) is 0. The number of rotatable bonds is 2. The molecule has 0 aliphatic heterocycles. The molecule has 4 rings (SSSR count). The zero-order chi connectivity index (χ0) is 18.2. The van der Waals surface area contributed by atoms with E-state index in [1.807, 2.05) is 36.4 Å². The molecule has 0 radical (unpaired) electrons. The standard InChI is InChI=1S/2C11H8FN/c2*12-10-6-4-9(5-7-10)11-3-1-2-8-13-11/h2*1-8H. The molecule has 0 saturated heterocycles. The zero-order valence-corrected chi connectivity index (χ0v) is 13.9. The van der Waals surface area contributed by atoms with E-state index in [2.05, 4.69) is 9.97 Å². The van der Waals surface area contributed by atoms with Crippen molar-refractivity contribution < 1.29 is 8.78 Å². The molecule has 2 aromatic carbocycles. The van der Waals surface area contributed by atoms with Gasteiger partial charge < -0.3 is 0 Å². The molecule has 0 atom stereocenters. The molecule has 26 heavy (non-hydrogen) atoms. The first-order chi connectivity index (χ1) is 12.7. The van der Waals surface area contributed by atoms with Crippen LogP contribution < -0.4 is 0 Å². The van der Waals surface area contributed by atoms with Gasteiger partial charge in [-0.05, 0) is 72.8 Å². The summed E-state index contributed by atoms with van der Waals surface area (Å²) in [6.45, 7) is 0. The van der Waals surface area contributed by atoms with E-state index in [9.17, 15) is 8.78 Å². The maximum absolute atomic E-state index is 12.6. The molecule has 0 unspecified atom stereocenters. The van der Waals surface area contributed by atoms with Crippen molar-refractivity contribution in [3.8, 4) is 22.5 Å². The summed E-state index contributed by atoms with van der Waals surface area (Å²) in [5.74, 6) is -0.445. The molecule has 2 aromatic heterocycles. The maximum Gasteiger partial charge on any atom is 0.123 e. The number of hydrogen-bond acceptors (Lipinski definition) is 2. The fraction of sp³-hybridized carbons (Fsp3) is 0. The van der Waals surface area contributed by atoms with Crippen molar-refractivity contribution in [3.63, 3.8) is 0 Å². The normalized spacial score (nSPS) is 9.92. The highest BCUT2D eigenvalue weighted by Crippen LogP contribution is 2.16. The van der Waals surface area contributed by atoms with Gasteiger partial charge in [0.25, 0.3) is 0 Å². The van der Waals surface area contributed by atoms with E-state index in [1.54, 1.807) is 36.7 Å². The Bertz CT molecular complexity index is 842. The van der Waals surface area contributed by atoms with E-state index in [-0.39, 0.29) is 11.6 Å². The van der Waals surface area contributed by atoms with Crippen molar-refractivity contribution in [3.05, 3.63) is 109 Å². The van der Waals surface area contributed by atoms with Gasteiger partial charge in [0.15, 0.2) is 0 Å². The second-order valence-corrected chi connectivity index (χ2v) is 5.44. The highest BCUT2D eigenvalue weighted by atomic mass is 19.1. The Kier molecular flexibility index (Phi) is 5.78. The molecule has 0 saturated carbocycles.